The molecule has 2 atom stereocenters. The zero-order valence-corrected chi connectivity index (χ0v) is 8.63. The van der Waals surface area contributed by atoms with Gasteiger partial charge in [0.05, 0.1) is 5.92 Å². The molecule has 1 saturated heterocycles. The van der Waals surface area contributed by atoms with Crippen LogP contribution in [0.25, 0.3) is 0 Å². The third kappa shape index (κ3) is 2.42. The number of carbonyl (C=O) groups excluding carboxylic acids is 1. The Bertz CT molecular complexity index is 182. The Labute approximate surface area is 79.7 Å². The standard InChI is InChI=1S/C9H19N3O/c1-10-9(13)7-4-5-11-6-8(7)12(2)3/h7-8,11H,4-6H2,1-3H3,(H,10,13)/t7-,8-/m1/s1. The average molecular weight is 185 g/mol. The average Bonchev–Trinajstić information content (AvgIpc) is 2.16. The number of hydrogen-bond acceptors (Lipinski definition) is 3. The molecule has 1 rings (SSSR count). The molecule has 1 amide bonds. The fourth-order valence-corrected chi connectivity index (χ4v) is 1.88. The van der Waals surface area contributed by atoms with E-state index >= 15 is 0 Å². The molecule has 0 aliphatic carbocycles. The van der Waals surface area contributed by atoms with Crippen molar-refractivity contribution in [2.45, 2.75) is 12.5 Å². The van der Waals surface area contributed by atoms with Gasteiger partial charge in [-0.05, 0) is 27.1 Å². The molecule has 0 radical (unpaired) electrons. The van der Waals surface area contributed by atoms with E-state index in [2.05, 4.69) is 15.5 Å². The molecule has 0 aromatic rings. The van der Waals surface area contributed by atoms with Crippen LogP contribution in [0.5, 0.6) is 0 Å². The summed E-state index contributed by atoms with van der Waals surface area (Å²) < 4.78 is 0. The van der Waals surface area contributed by atoms with Crippen LogP contribution in [-0.4, -0.2) is 51.1 Å². The Hall–Kier alpha value is -0.610. The molecule has 1 aliphatic rings. The van der Waals surface area contributed by atoms with Gasteiger partial charge in [0.2, 0.25) is 5.91 Å². The number of rotatable bonds is 2. The lowest BCUT2D eigenvalue weighted by atomic mass is 9.91. The largest absolute Gasteiger partial charge is 0.359 e. The van der Waals surface area contributed by atoms with Gasteiger partial charge in [-0.15, -0.1) is 0 Å². The molecule has 76 valence electrons. The van der Waals surface area contributed by atoms with Gasteiger partial charge >= 0.3 is 0 Å². The van der Waals surface area contributed by atoms with Crippen molar-refractivity contribution in [1.82, 2.24) is 15.5 Å². The zero-order valence-electron chi connectivity index (χ0n) is 8.63. The van der Waals surface area contributed by atoms with Crippen molar-refractivity contribution in [3.8, 4) is 0 Å². The van der Waals surface area contributed by atoms with Crippen molar-refractivity contribution in [2.75, 3.05) is 34.2 Å². The second-order valence-electron chi connectivity index (χ2n) is 3.74. The highest BCUT2D eigenvalue weighted by Crippen LogP contribution is 2.16. The first-order chi connectivity index (χ1) is 6.16. The molecule has 1 aliphatic heterocycles. The number of nitrogens with one attached hydrogen (secondary N) is 2. The highest BCUT2D eigenvalue weighted by Gasteiger charge is 2.31. The Morgan fingerprint density at radius 1 is 1.54 bits per heavy atom. The molecule has 0 aromatic carbocycles. The van der Waals surface area contributed by atoms with E-state index in [1.807, 2.05) is 14.1 Å². The molecule has 0 saturated carbocycles. The summed E-state index contributed by atoms with van der Waals surface area (Å²) in [6.45, 7) is 1.85. The van der Waals surface area contributed by atoms with E-state index in [1.54, 1.807) is 7.05 Å². The first-order valence-electron chi connectivity index (χ1n) is 4.75. The molecule has 4 heteroatoms. The Kier molecular flexibility index (Phi) is 3.69. The Morgan fingerprint density at radius 3 is 2.77 bits per heavy atom. The van der Waals surface area contributed by atoms with Gasteiger partial charge in [0, 0.05) is 19.6 Å². The summed E-state index contributed by atoms with van der Waals surface area (Å²) in [7, 11) is 5.75. The lowest BCUT2D eigenvalue weighted by Gasteiger charge is -2.35. The van der Waals surface area contributed by atoms with Gasteiger partial charge in [-0.1, -0.05) is 0 Å². The van der Waals surface area contributed by atoms with Gasteiger partial charge in [-0.25, -0.2) is 0 Å². The summed E-state index contributed by atoms with van der Waals surface area (Å²) >= 11 is 0. The molecule has 4 nitrogen and oxygen atoms in total. The van der Waals surface area contributed by atoms with E-state index in [-0.39, 0.29) is 11.8 Å². The van der Waals surface area contributed by atoms with Crippen LogP contribution in [0, 0.1) is 5.92 Å². The van der Waals surface area contributed by atoms with Crippen molar-refractivity contribution in [1.29, 1.82) is 0 Å². The van der Waals surface area contributed by atoms with E-state index in [0.29, 0.717) is 6.04 Å². The number of nitrogens with zero attached hydrogens (tertiary/aromatic N) is 1. The van der Waals surface area contributed by atoms with Crippen molar-refractivity contribution in [3.05, 3.63) is 0 Å². The van der Waals surface area contributed by atoms with Crippen LogP contribution in [0.15, 0.2) is 0 Å². The van der Waals surface area contributed by atoms with Crippen molar-refractivity contribution in [2.24, 2.45) is 5.92 Å². The molecule has 0 unspecified atom stereocenters. The maximum atomic E-state index is 11.5. The van der Waals surface area contributed by atoms with Crippen LogP contribution in [-0.2, 0) is 4.79 Å². The molecular formula is C9H19N3O. The van der Waals surface area contributed by atoms with Crippen LogP contribution in [0.2, 0.25) is 0 Å². The monoisotopic (exact) mass is 185 g/mol. The quantitative estimate of drug-likeness (QED) is 0.596. The second-order valence-corrected chi connectivity index (χ2v) is 3.74. The fraction of sp³-hybridized carbons (Fsp3) is 0.889. The van der Waals surface area contributed by atoms with Crippen LogP contribution < -0.4 is 10.6 Å². The first-order valence-corrected chi connectivity index (χ1v) is 4.75. The van der Waals surface area contributed by atoms with Gasteiger partial charge in [-0.3, -0.25) is 4.79 Å². The van der Waals surface area contributed by atoms with Gasteiger partial charge < -0.3 is 15.5 Å². The predicted octanol–water partition coefficient (Wildman–Crippen LogP) is -0.728. The van der Waals surface area contributed by atoms with Crippen molar-refractivity contribution < 1.29 is 4.79 Å². The molecular weight excluding hydrogens is 166 g/mol. The minimum Gasteiger partial charge on any atom is -0.359 e. The molecule has 2 N–H and O–H groups in total. The van der Waals surface area contributed by atoms with E-state index in [9.17, 15) is 4.79 Å². The first kappa shape index (κ1) is 10.5. The van der Waals surface area contributed by atoms with E-state index < -0.39 is 0 Å². The second kappa shape index (κ2) is 4.58. The fourth-order valence-electron chi connectivity index (χ4n) is 1.88. The highest BCUT2D eigenvalue weighted by molar-refractivity contribution is 5.79. The summed E-state index contributed by atoms with van der Waals surface area (Å²) in [5.41, 5.74) is 0. The zero-order chi connectivity index (χ0) is 9.84. The van der Waals surface area contributed by atoms with Crippen LogP contribution in [0.3, 0.4) is 0 Å². The van der Waals surface area contributed by atoms with Gasteiger partial charge in [0.25, 0.3) is 0 Å². The minimum absolute atomic E-state index is 0.140. The third-order valence-corrected chi connectivity index (χ3v) is 2.70. The number of hydrogen-bond donors (Lipinski definition) is 2. The SMILES string of the molecule is CNC(=O)[C@@H]1CCNC[C@H]1N(C)C. The molecule has 0 aromatic heterocycles. The lowest BCUT2D eigenvalue weighted by Crippen LogP contribution is -2.53. The van der Waals surface area contributed by atoms with Crippen molar-refractivity contribution >= 4 is 5.91 Å². The number of amides is 1. The summed E-state index contributed by atoms with van der Waals surface area (Å²) in [4.78, 5) is 13.6. The summed E-state index contributed by atoms with van der Waals surface area (Å²) in [5.74, 6) is 0.307. The van der Waals surface area contributed by atoms with Gasteiger partial charge in [0.1, 0.15) is 0 Å². The van der Waals surface area contributed by atoms with Gasteiger partial charge in [-0.2, -0.15) is 0 Å². The Balaban J connectivity index is 2.61. The minimum atomic E-state index is 0.140. The lowest BCUT2D eigenvalue weighted by molar-refractivity contribution is -0.127. The number of carbonyl (C=O) groups is 1. The van der Waals surface area contributed by atoms with Crippen molar-refractivity contribution in [3.63, 3.8) is 0 Å². The highest BCUT2D eigenvalue weighted by atomic mass is 16.1. The molecule has 1 heterocycles. The van der Waals surface area contributed by atoms with Gasteiger partial charge in [0.15, 0.2) is 0 Å². The Morgan fingerprint density at radius 2 is 2.23 bits per heavy atom. The number of piperidine rings is 1. The van der Waals surface area contributed by atoms with Crippen LogP contribution in [0.4, 0.5) is 0 Å². The van der Waals surface area contributed by atoms with E-state index in [4.69, 9.17) is 0 Å². The molecule has 13 heavy (non-hydrogen) atoms. The maximum Gasteiger partial charge on any atom is 0.224 e. The molecule has 1 fully saturated rings. The molecule has 0 spiro atoms. The van der Waals surface area contributed by atoms with E-state index in [1.165, 1.54) is 0 Å². The normalized spacial score (nSPS) is 28.9. The summed E-state index contributed by atoms with van der Waals surface area (Å²) in [6, 6.07) is 0.327. The predicted molar refractivity (Wildman–Crippen MR) is 52.5 cm³/mol. The molecule has 0 bridgehead atoms. The topological polar surface area (TPSA) is 44.4 Å². The third-order valence-electron chi connectivity index (χ3n) is 2.70. The maximum absolute atomic E-state index is 11.5. The summed E-state index contributed by atoms with van der Waals surface area (Å²) in [5, 5.41) is 6.03. The number of likely N-dealkylation sites (N-methyl/N-ethyl adjacent to an activating group) is 1. The van der Waals surface area contributed by atoms with E-state index in [0.717, 1.165) is 19.5 Å². The summed E-state index contributed by atoms with van der Waals surface area (Å²) in [6.07, 6.45) is 0.933. The van der Waals surface area contributed by atoms with Crippen LogP contribution >= 0.6 is 0 Å². The smallest absolute Gasteiger partial charge is 0.224 e. The van der Waals surface area contributed by atoms with Crippen LogP contribution in [0.1, 0.15) is 6.42 Å².